The van der Waals surface area contributed by atoms with Crippen molar-refractivity contribution in [1.82, 2.24) is 10.3 Å². The van der Waals surface area contributed by atoms with Crippen LogP contribution in [0.3, 0.4) is 0 Å². The Labute approximate surface area is 173 Å². The van der Waals surface area contributed by atoms with Crippen LogP contribution in [-0.2, 0) is 20.7 Å². The van der Waals surface area contributed by atoms with E-state index in [0.717, 1.165) is 15.1 Å². The highest BCUT2D eigenvalue weighted by atomic mass is 35.5. The Kier molecular flexibility index (Phi) is 8.47. The molecule has 9 heteroatoms. The van der Waals surface area contributed by atoms with E-state index >= 15 is 0 Å². The van der Waals surface area contributed by atoms with Crippen molar-refractivity contribution < 1.29 is 24.2 Å². The fraction of sp³-hybridized carbons (Fsp3) is 0.526. The minimum absolute atomic E-state index is 0.121. The van der Waals surface area contributed by atoms with Crippen molar-refractivity contribution in [3.05, 3.63) is 28.2 Å². The molecular weight excluding hydrogens is 404 g/mol. The number of fused-ring (bicyclic) bond motifs is 1. The van der Waals surface area contributed by atoms with Gasteiger partial charge in [0.1, 0.15) is 0 Å². The fourth-order valence-electron chi connectivity index (χ4n) is 2.52. The summed E-state index contributed by atoms with van der Waals surface area (Å²) in [6.45, 7) is 5.90. The normalized spacial score (nSPS) is 13.4. The molecule has 28 heavy (non-hydrogen) atoms. The first-order valence-electron chi connectivity index (χ1n) is 9.10. The zero-order valence-electron chi connectivity index (χ0n) is 16.1. The van der Waals surface area contributed by atoms with Crippen LogP contribution in [0.5, 0.6) is 0 Å². The molecule has 0 aromatic carbocycles. The Morgan fingerprint density at radius 1 is 1.36 bits per heavy atom. The van der Waals surface area contributed by atoms with Gasteiger partial charge in [-0.1, -0.05) is 25.4 Å². The lowest BCUT2D eigenvalue weighted by Gasteiger charge is -2.21. The Morgan fingerprint density at radius 3 is 2.75 bits per heavy atom. The smallest absolute Gasteiger partial charge is 0.407 e. The third-order valence-corrected chi connectivity index (χ3v) is 5.50. The monoisotopic (exact) mass is 428 g/mol. The van der Waals surface area contributed by atoms with Crippen molar-refractivity contribution in [1.29, 1.82) is 0 Å². The topological polar surface area (TPSA) is 97.8 Å². The van der Waals surface area contributed by atoms with Crippen molar-refractivity contribution in [3.63, 3.8) is 0 Å². The van der Waals surface area contributed by atoms with Crippen molar-refractivity contribution in [2.45, 2.75) is 33.3 Å². The number of aliphatic hydroxyl groups excluding tert-OH is 1. The molecule has 0 aliphatic heterocycles. The van der Waals surface area contributed by atoms with E-state index in [1.54, 1.807) is 19.2 Å². The number of ether oxygens (including phenoxy) is 2. The van der Waals surface area contributed by atoms with Crippen molar-refractivity contribution in [3.8, 4) is 0 Å². The first kappa shape index (κ1) is 22.4. The van der Waals surface area contributed by atoms with E-state index in [4.69, 9.17) is 21.1 Å². The molecule has 0 radical (unpaired) electrons. The molecule has 2 aromatic heterocycles. The maximum atomic E-state index is 12.4. The third-order valence-electron chi connectivity index (χ3n) is 3.89. The van der Waals surface area contributed by atoms with E-state index in [1.807, 2.05) is 19.9 Å². The number of halogens is 1. The SMILES string of the molecule is CCOC(=O)C(Cc1cc2nccc(Cl)c2s1)C(O)CNC(=O)OCC(C)C. The molecule has 1 amide bonds. The van der Waals surface area contributed by atoms with E-state index in [-0.39, 0.29) is 32.1 Å². The molecule has 2 unspecified atom stereocenters. The Hall–Kier alpha value is -1.90. The predicted octanol–water partition coefficient (Wildman–Crippen LogP) is 3.41. The second-order valence-electron chi connectivity index (χ2n) is 6.72. The predicted molar refractivity (Wildman–Crippen MR) is 109 cm³/mol. The number of aromatic nitrogens is 1. The van der Waals surface area contributed by atoms with E-state index in [9.17, 15) is 14.7 Å². The van der Waals surface area contributed by atoms with Crippen LogP contribution in [-0.4, -0.2) is 48.0 Å². The maximum absolute atomic E-state index is 12.4. The Balaban J connectivity index is 2.06. The number of nitrogens with zero attached hydrogens (tertiary/aromatic N) is 1. The largest absolute Gasteiger partial charge is 0.466 e. The third kappa shape index (κ3) is 6.32. The summed E-state index contributed by atoms with van der Waals surface area (Å²) < 4.78 is 10.9. The molecule has 0 aliphatic rings. The van der Waals surface area contributed by atoms with Gasteiger partial charge < -0.3 is 19.9 Å². The van der Waals surface area contributed by atoms with E-state index in [2.05, 4.69) is 10.3 Å². The number of esters is 1. The molecule has 7 nitrogen and oxygen atoms in total. The number of nitrogens with one attached hydrogen (secondary N) is 1. The minimum atomic E-state index is -1.13. The average Bonchev–Trinajstić information content (AvgIpc) is 3.07. The highest BCUT2D eigenvalue weighted by Gasteiger charge is 2.30. The van der Waals surface area contributed by atoms with Crippen LogP contribution in [0.1, 0.15) is 25.6 Å². The molecule has 0 fully saturated rings. The summed E-state index contributed by atoms with van der Waals surface area (Å²) in [5.74, 6) is -1.16. The summed E-state index contributed by atoms with van der Waals surface area (Å²) in [4.78, 5) is 29.2. The molecule has 2 aromatic rings. The molecule has 0 saturated carbocycles. The van der Waals surface area contributed by atoms with Crippen LogP contribution in [0, 0.1) is 11.8 Å². The molecule has 0 spiro atoms. The first-order valence-corrected chi connectivity index (χ1v) is 10.3. The molecule has 2 atom stereocenters. The van der Waals surface area contributed by atoms with Gasteiger partial charge in [-0.2, -0.15) is 0 Å². The second kappa shape index (κ2) is 10.6. The summed E-state index contributed by atoms with van der Waals surface area (Å²) in [6, 6.07) is 3.55. The molecule has 154 valence electrons. The number of thiophene rings is 1. The van der Waals surface area contributed by atoms with Crippen LogP contribution in [0.2, 0.25) is 5.02 Å². The number of carbonyl (C=O) groups excluding carboxylic acids is 2. The van der Waals surface area contributed by atoms with E-state index in [1.165, 1.54) is 11.3 Å². The number of rotatable bonds is 9. The van der Waals surface area contributed by atoms with Crippen LogP contribution in [0.25, 0.3) is 10.2 Å². The van der Waals surface area contributed by atoms with Crippen molar-refractivity contribution >= 4 is 45.2 Å². The van der Waals surface area contributed by atoms with Gasteiger partial charge in [0.2, 0.25) is 0 Å². The molecular formula is C19H25ClN2O5S. The maximum Gasteiger partial charge on any atom is 0.407 e. The summed E-state index contributed by atoms with van der Waals surface area (Å²) in [6.07, 6.45) is 0.110. The fourth-order valence-corrected chi connectivity index (χ4v) is 3.87. The number of carbonyl (C=O) groups is 2. The summed E-state index contributed by atoms with van der Waals surface area (Å²) in [7, 11) is 0. The first-order chi connectivity index (χ1) is 13.3. The molecule has 0 aliphatic carbocycles. The van der Waals surface area contributed by atoms with Gasteiger partial charge in [-0.05, 0) is 31.4 Å². The van der Waals surface area contributed by atoms with Crippen LogP contribution in [0.15, 0.2) is 18.3 Å². The highest BCUT2D eigenvalue weighted by molar-refractivity contribution is 7.19. The number of hydrogen-bond donors (Lipinski definition) is 2. The standard InChI is InChI=1S/C19H25ClN2O5S/c1-4-26-18(24)13(16(23)9-22-19(25)27-10-11(2)3)7-12-8-15-17(28-12)14(20)5-6-21-15/h5-6,8,11,13,16,23H,4,7,9-10H2,1-3H3,(H,22,25). The lowest BCUT2D eigenvalue weighted by molar-refractivity contribution is -0.151. The van der Waals surface area contributed by atoms with Crippen LogP contribution in [0.4, 0.5) is 4.79 Å². The highest BCUT2D eigenvalue weighted by Crippen LogP contribution is 2.32. The Bertz CT molecular complexity index is 811. The molecule has 0 bridgehead atoms. The zero-order valence-corrected chi connectivity index (χ0v) is 17.7. The van der Waals surface area contributed by atoms with Crippen LogP contribution >= 0.6 is 22.9 Å². The number of hydrogen-bond acceptors (Lipinski definition) is 7. The van der Waals surface area contributed by atoms with Crippen molar-refractivity contribution in [2.24, 2.45) is 11.8 Å². The second-order valence-corrected chi connectivity index (χ2v) is 8.27. The van der Waals surface area contributed by atoms with Gasteiger partial charge >= 0.3 is 12.1 Å². The molecule has 0 saturated heterocycles. The van der Waals surface area contributed by atoms with Gasteiger partial charge in [0.05, 0.1) is 40.5 Å². The van der Waals surface area contributed by atoms with E-state index in [0.29, 0.717) is 5.02 Å². The summed E-state index contributed by atoms with van der Waals surface area (Å²) >= 11 is 7.60. The van der Waals surface area contributed by atoms with Gasteiger partial charge in [0, 0.05) is 17.6 Å². The molecule has 2 heterocycles. The number of alkyl carbamates (subject to hydrolysis) is 1. The summed E-state index contributed by atoms with van der Waals surface area (Å²) in [5.41, 5.74) is 0.736. The van der Waals surface area contributed by atoms with Gasteiger partial charge in [0.15, 0.2) is 0 Å². The van der Waals surface area contributed by atoms with Gasteiger partial charge in [0.25, 0.3) is 0 Å². The quantitative estimate of drug-likeness (QED) is 0.594. The number of aliphatic hydroxyl groups is 1. The average molecular weight is 429 g/mol. The van der Waals surface area contributed by atoms with Crippen molar-refractivity contribution in [2.75, 3.05) is 19.8 Å². The minimum Gasteiger partial charge on any atom is -0.466 e. The molecule has 2 N–H and O–H groups in total. The van der Waals surface area contributed by atoms with Gasteiger partial charge in [-0.25, -0.2) is 4.79 Å². The zero-order chi connectivity index (χ0) is 20.7. The van der Waals surface area contributed by atoms with E-state index < -0.39 is 24.1 Å². The number of amides is 1. The number of pyridine rings is 1. The lowest BCUT2D eigenvalue weighted by atomic mass is 9.97. The Morgan fingerprint density at radius 2 is 2.11 bits per heavy atom. The lowest BCUT2D eigenvalue weighted by Crippen LogP contribution is -2.41. The molecule has 2 rings (SSSR count). The van der Waals surface area contributed by atoms with Gasteiger partial charge in [-0.15, -0.1) is 11.3 Å². The van der Waals surface area contributed by atoms with Crippen LogP contribution < -0.4 is 5.32 Å². The van der Waals surface area contributed by atoms with Gasteiger partial charge in [-0.3, -0.25) is 9.78 Å². The summed E-state index contributed by atoms with van der Waals surface area (Å²) in [5, 5.41) is 13.6.